The van der Waals surface area contributed by atoms with E-state index in [4.69, 9.17) is 4.42 Å². The van der Waals surface area contributed by atoms with Crippen molar-refractivity contribution >= 4 is 41.3 Å². The molecule has 1 atom stereocenters. The van der Waals surface area contributed by atoms with Gasteiger partial charge in [-0.2, -0.15) is 0 Å². The number of hydrogen-bond acceptors (Lipinski definition) is 4. The van der Waals surface area contributed by atoms with Crippen molar-refractivity contribution in [3.8, 4) is 0 Å². The molecule has 7 heteroatoms. The highest BCUT2D eigenvalue weighted by molar-refractivity contribution is 14.0. The van der Waals surface area contributed by atoms with Crippen molar-refractivity contribution in [1.82, 2.24) is 15.6 Å². The second-order valence-corrected chi connectivity index (χ2v) is 5.67. The lowest BCUT2D eigenvalue weighted by Crippen LogP contribution is -2.38. The number of nitrogens with one attached hydrogen (secondary N) is 2. The Bertz CT molecular complexity index is 528. The zero-order chi connectivity index (χ0) is 14.9. The van der Waals surface area contributed by atoms with Gasteiger partial charge in [0.25, 0.3) is 0 Å². The van der Waals surface area contributed by atoms with Gasteiger partial charge in [-0.05, 0) is 19.1 Å². The largest absolute Gasteiger partial charge is 0.469 e. The van der Waals surface area contributed by atoms with Gasteiger partial charge in [-0.15, -0.1) is 35.3 Å². The predicted octanol–water partition coefficient (Wildman–Crippen LogP) is 3.26. The van der Waals surface area contributed by atoms with Gasteiger partial charge in [0.15, 0.2) is 5.96 Å². The average Bonchev–Trinajstić information content (AvgIpc) is 3.17. The van der Waals surface area contributed by atoms with Crippen LogP contribution in [0, 0.1) is 0 Å². The van der Waals surface area contributed by atoms with Crippen LogP contribution in [0.3, 0.4) is 0 Å². The summed E-state index contributed by atoms with van der Waals surface area (Å²) in [6.07, 6.45) is 4.39. The van der Waals surface area contributed by atoms with Crippen LogP contribution in [0.2, 0.25) is 0 Å². The Morgan fingerprint density at radius 2 is 2.32 bits per heavy atom. The van der Waals surface area contributed by atoms with Crippen LogP contribution in [-0.4, -0.2) is 30.6 Å². The maximum absolute atomic E-state index is 5.32. The van der Waals surface area contributed by atoms with Crippen molar-refractivity contribution in [2.45, 2.75) is 26.2 Å². The third-order valence-electron chi connectivity index (χ3n) is 2.98. The van der Waals surface area contributed by atoms with Crippen molar-refractivity contribution in [2.24, 2.45) is 4.99 Å². The minimum absolute atomic E-state index is 0. The molecule has 1 unspecified atom stereocenters. The Labute approximate surface area is 152 Å². The first-order valence-corrected chi connectivity index (χ1v) is 8.11. The fourth-order valence-electron chi connectivity index (χ4n) is 1.88. The summed E-state index contributed by atoms with van der Waals surface area (Å²) in [5.41, 5.74) is 0. The smallest absolute Gasteiger partial charge is 0.191 e. The van der Waals surface area contributed by atoms with Crippen molar-refractivity contribution in [3.05, 3.63) is 40.7 Å². The van der Waals surface area contributed by atoms with E-state index in [-0.39, 0.29) is 24.0 Å². The molecule has 2 aromatic rings. The highest BCUT2D eigenvalue weighted by Gasteiger charge is 2.08. The molecule has 0 aromatic carbocycles. The molecule has 0 saturated heterocycles. The zero-order valence-electron chi connectivity index (χ0n) is 12.9. The van der Waals surface area contributed by atoms with E-state index in [2.05, 4.69) is 34.5 Å². The topological polar surface area (TPSA) is 62.5 Å². The Morgan fingerprint density at radius 3 is 2.95 bits per heavy atom. The zero-order valence-corrected chi connectivity index (χ0v) is 16.1. The van der Waals surface area contributed by atoms with Crippen LogP contribution in [-0.2, 0) is 6.42 Å². The van der Waals surface area contributed by atoms with E-state index in [0.29, 0.717) is 5.92 Å². The molecule has 2 rings (SSSR count). The molecule has 0 bridgehead atoms. The van der Waals surface area contributed by atoms with Crippen LogP contribution in [0.1, 0.15) is 30.5 Å². The van der Waals surface area contributed by atoms with E-state index >= 15 is 0 Å². The Morgan fingerprint density at radius 1 is 1.45 bits per heavy atom. The number of guanidine groups is 1. The number of furan rings is 1. The number of aliphatic imine (C=N–C) groups is 1. The summed E-state index contributed by atoms with van der Waals surface area (Å²) in [6.45, 7) is 6.58. The second kappa shape index (κ2) is 10.6. The van der Waals surface area contributed by atoms with E-state index in [1.165, 1.54) is 0 Å². The van der Waals surface area contributed by atoms with Crippen LogP contribution in [0.25, 0.3) is 0 Å². The van der Waals surface area contributed by atoms with Crippen LogP contribution < -0.4 is 10.6 Å². The molecule has 0 aliphatic carbocycles. The van der Waals surface area contributed by atoms with Crippen LogP contribution in [0.15, 0.2) is 39.4 Å². The molecule has 0 saturated carbocycles. The van der Waals surface area contributed by atoms with Crippen molar-refractivity contribution in [2.75, 3.05) is 19.6 Å². The molecular weight excluding hydrogens is 411 g/mol. The first kappa shape index (κ1) is 19.0. The number of hydrogen-bond donors (Lipinski definition) is 2. The summed E-state index contributed by atoms with van der Waals surface area (Å²) >= 11 is 1.68. The molecule has 2 aromatic heterocycles. The lowest BCUT2D eigenvalue weighted by molar-refractivity contribution is 0.506. The number of aromatic nitrogens is 1. The molecule has 0 spiro atoms. The maximum atomic E-state index is 5.32. The monoisotopic (exact) mass is 434 g/mol. The second-order valence-electron chi connectivity index (χ2n) is 4.75. The molecule has 2 heterocycles. The Kier molecular flexibility index (Phi) is 9.14. The lowest BCUT2D eigenvalue weighted by Gasteiger charge is -2.12. The fourth-order valence-corrected chi connectivity index (χ4v) is 2.57. The maximum Gasteiger partial charge on any atom is 0.191 e. The standard InChI is InChI=1S/C15H22N4OS.HI/c1-3-16-15(18-7-6-13-5-4-9-20-13)19-11-12(2)14-17-8-10-21-14;/h4-5,8-10,12H,3,6-7,11H2,1-2H3,(H2,16,18,19);1H. The van der Waals surface area contributed by atoms with Gasteiger partial charge in [0, 0.05) is 37.0 Å². The summed E-state index contributed by atoms with van der Waals surface area (Å²) in [5, 5.41) is 9.71. The summed E-state index contributed by atoms with van der Waals surface area (Å²) in [5.74, 6) is 2.16. The Hall–Kier alpha value is -1.09. The van der Waals surface area contributed by atoms with Gasteiger partial charge in [-0.1, -0.05) is 6.92 Å². The number of halogens is 1. The van der Waals surface area contributed by atoms with Crippen LogP contribution in [0.4, 0.5) is 0 Å². The SMILES string of the molecule is CCNC(=NCC(C)c1nccs1)NCCc1ccco1.I. The summed E-state index contributed by atoms with van der Waals surface area (Å²) in [7, 11) is 0. The molecule has 22 heavy (non-hydrogen) atoms. The van der Waals surface area contributed by atoms with Crippen molar-refractivity contribution in [3.63, 3.8) is 0 Å². The minimum Gasteiger partial charge on any atom is -0.469 e. The van der Waals surface area contributed by atoms with E-state index < -0.39 is 0 Å². The van der Waals surface area contributed by atoms with E-state index in [9.17, 15) is 0 Å². The molecule has 0 aliphatic rings. The van der Waals surface area contributed by atoms with Crippen LogP contribution >= 0.6 is 35.3 Å². The molecule has 0 fully saturated rings. The fraction of sp³-hybridized carbons (Fsp3) is 0.467. The number of nitrogens with zero attached hydrogens (tertiary/aromatic N) is 2. The molecule has 0 amide bonds. The third-order valence-corrected chi connectivity index (χ3v) is 3.99. The van der Waals surface area contributed by atoms with Gasteiger partial charge < -0.3 is 15.1 Å². The summed E-state index contributed by atoms with van der Waals surface area (Å²) < 4.78 is 5.32. The summed E-state index contributed by atoms with van der Waals surface area (Å²) in [6, 6.07) is 3.89. The van der Waals surface area contributed by atoms with Gasteiger partial charge in [-0.25, -0.2) is 4.98 Å². The number of thiazole rings is 1. The predicted molar refractivity (Wildman–Crippen MR) is 102 cm³/mol. The van der Waals surface area contributed by atoms with Crippen molar-refractivity contribution < 1.29 is 4.42 Å². The lowest BCUT2D eigenvalue weighted by atomic mass is 10.2. The van der Waals surface area contributed by atoms with E-state index in [1.54, 1.807) is 17.6 Å². The van der Waals surface area contributed by atoms with Crippen molar-refractivity contribution in [1.29, 1.82) is 0 Å². The number of rotatable bonds is 7. The quantitative estimate of drug-likeness (QED) is 0.399. The van der Waals surface area contributed by atoms with Gasteiger partial charge >= 0.3 is 0 Å². The minimum atomic E-state index is 0. The molecule has 2 N–H and O–H groups in total. The first-order chi connectivity index (χ1) is 10.3. The molecule has 0 radical (unpaired) electrons. The Balaban J connectivity index is 0.00000242. The van der Waals surface area contributed by atoms with E-state index in [0.717, 1.165) is 42.8 Å². The highest BCUT2D eigenvalue weighted by Crippen LogP contribution is 2.17. The van der Waals surface area contributed by atoms with Gasteiger partial charge in [0.1, 0.15) is 5.76 Å². The molecule has 122 valence electrons. The van der Waals surface area contributed by atoms with Gasteiger partial charge in [-0.3, -0.25) is 4.99 Å². The average molecular weight is 434 g/mol. The van der Waals surface area contributed by atoms with Gasteiger partial charge in [0.2, 0.25) is 0 Å². The molecule has 5 nitrogen and oxygen atoms in total. The molecule has 0 aliphatic heterocycles. The van der Waals surface area contributed by atoms with E-state index in [1.807, 2.05) is 23.7 Å². The van der Waals surface area contributed by atoms with Gasteiger partial charge in [0.05, 0.1) is 17.8 Å². The normalized spacial score (nSPS) is 12.5. The highest BCUT2D eigenvalue weighted by atomic mass is 127. The summed E-state index contributed by atoms with van der Waals surface area (Å²) in [4.78, 5) is 8.95. The molecular formula is C15H23IN4OS. The first-order valence-electron chi connectivity index (χ1n) is 7.23. The van der Waals surface area contributed by atoms with Crippen LogP contribution in [0.5, 0.6) is 0 Å². The third kappa shape index (κ3) is 6.35.